The van der Waals surface area contributed by atoms with E-state index in [1.807, 2.05) is 24.3 Å². The van der Waals surface area contributed by atoms with Gasteiger partial charge in [-0.1, -0.05) is 67.1 Å². The van der Waals surface area contributed by atoms with Crippen molar-refractivity contribution in [3.8, 4) is 0 Å². The number of nitrogens with zero attached hydrogens (tertiary/aromatic N) is 1. The molecule has 0 bridgehead atoms. The Morgan fingerprint density at radius 3 is 2.42 bits per heavy atom. The van der Waals surface area contributed by atoms with Crippen molar-refractivity contribution in [3.63, 3.8) is 0 Å². The molecular formula is C23H21ClN2. The van der Waals surface area contributed by atoms with Gasteiger partial charge in [-0.3, -0.25) is 4.99 Å². The summed E-state index contributed by atoms with van der Waals surface area (Å²) in [6.07, 6.45) is 1.87. The Labute approximate surface area is 159 Å². The van der Waals surface area contributed by atoms with Crippen LogP contribution < -0.4 is 5.32 Å². The van der Waals surface area contributed by atoms with Crippen LogP contribution in [0.3, 0.4) is 0 Å². The van der Waals surface area contributed by atoms with E-state index in [4.69, 9.17) is 16.6 Å². The molecule has 2 nitrogen and oxygen atoms in total. The highest BCUT2D eigenvalue weighted by molar-refractivity contribution is 6.30. The highest BCUT2D eigenvalue weighted by atomic mass is 35.5. The molecule has 0 radical (unpaired) electrons. The molecule has 3 aromatic rings. The van der Waals surface area contributed by atoms with Crippen LogP contribution >= 0.6 is 11.6 Å². The molecule has 0 aromatic heterocycles. The van der Waals surface area contributed by atoms with Crippen molar-refractivity contribution in [1.29, 1.82) is 0 Å². The average molecular weight is 361 g/mol. The van der Waals surface area contributed by atoms with Crippen LogP contribution in [-0.2, 0) is 6.42 Å². The first-order valence-electron chi connectivity index (χ1n) is 9.01. The lowest BCUT2D eigenvalue weighted by atomic mass is 9.96. The second-order valence-electron chi connectivity index (χ2n) is 6.58. The molecule has 0 spiro atoms. The molecule has 1 heterocycles. The molecule has 1 N–H and O–H groups in total. The molecule has 4 rings (SSSR count). The van der Waals surface area contributed by atoms with Gasteiger partial charge in [0, 0.05) is 11.4 Å². The van der Waals surface area contributed by atoms with Gasteiger partial charge in [-0.15, -0.1) is 0 Å². The van der Waals surface area contributed by atoms with Gasteiger partial charge in [0.2, 0.25) is 0 Å². The van der Waals surface area contributed by atoms with Gasteiger partial charge in [0.1, 0.15) is 0 Å². The van der Waals surface area contributed by atoms with Crippen molar-refractivity contribution in [2.45, 2.75) is 25.8 Å². The Bertz CT molecular complexity index is 927. The number of hydrogen-bond acceptors (Lipinski definition) is 2. The Morgan fingerprint density at radius 2 is 1.69 bits per heavy atom. The second-order valence-corrected chi connectivity index (χ2v) is 7.02. The van der Waals surface area contributed by atoms with Gasteiger partial charge in [-0.2, -0.15) is 0 Å². The van der Waals surface area contributed by atoms with E-state index >= 15 is 0 Å². The molecule has 1 aliphatic heterocycles. The van der Waals surface area contributed by atoms with Crippen molar-refractivity contribution in [3.05, 3.63) is 94.5 Å². The maximum absolute atomic E-state index is 6.07. The number of rotatable bonds is 3. The molecule has 1 aliphatic rings. The Hall–Kier alpha value is -2.58. The number of benzene rings is 3. The minimum Gasteiger partial charge on any atom is -0.376 e. The summed E-state index contributed by atoms with van der Waals surface area (Å²) in [5, 5.41) is 4.42. The lowest BCUT2D eigenvalue weighted by Crippen LogP contribution is -2.14. The molecule has 0 amide bonds. The summed E-state index contributed by atoms with van der Waals surface area (Å²) in [5.41, 5.74) is 6.88. The summed E-state index contributed by atoms with van der Waals surface area (Å²) in [6.45, 7) is 2.18. The van der Waals surface area contributed by atoms with Crippen LogP contribution in [0.1, 0.15) is 36.1 Å². The van der Waals surface area contributed by atoms with E-state index in [0.29, 0.717) is 0 Å². The van der Waals surface area contributed by atoms with E-state index in [1.165, 1.54) is 16.7 Å². The Morgan fingerprint density at radius 1 is 0.962 bits per heavy atom. The third kappa shape index (κ3) is 3.51. The number of aryl methyl sites for hydroxylation is 1. The van der Waals surface area contributed by atoms with Gasteiger partial charge in [0.15, 0.2) is 0 Å². The fourth-order valence-corrected chi connectivity index (χ4v) is 3.45. The Kier molecular flexibility index (Phi) is 4.77. The smallest absolute Gasteiger partial charge is 0.0864 e. The highest BCUT2D eigenvalue weighted by Gasteiger charge is 2.20. The summed E-state index contributed by atoms with van der Waals surface area (Å²) >= 11 is 6.07. The molecule has 3 heteroatoms. The standard InChI is InChI=1S/C23H21ClN2/c1-2-16-7-9-17(10-8-16)22-15-23(18-11-13-19(24)14-12-18)26-21-6-4-3-5-20(21)25-22/h3-14,23,26H,2,15H2,1H3/t23-/m1/s1. The largest absolute Gasteiger partial charge is 0.376 e. The van der Waals surface area contributed by atoms with Gasteiger partial charge in [0.25, 0.3) is 0 Å². The quantitative estimate of drug-likeness (QED) is 0.560. The van der Waals surface area contributed by atoms with E-state index in [9.17, 15) is 0 Å². The molecule has 3 aromatic carbocycles. The monoisotopic (exact) mass is 360 g/mol. The van der Waals surface area contributed by atoms with Gasteiger partial charge in [-0.05, 0) is 47.4 Å². The fraction of sp³-hybridized carbons (Fsp3) is 0.174. The molecule has 0 fully saturated rings. The normalized spacial score (nSPS) is 16.2. The number of nitrogens with one attached hydrogen (secondary N) is 1. The predicted octanol–water partition coefficient (Wildman–Crippen LogP) is 6.58. The predicted molar refractivity (Wildman–Crippen MR) is 111 cm³/mol. The number of hydrogen-bond donors (Lipinski definition) is 1. The van der Waals surface area contributed by atoms with E-state index in [2.05, 4.69) is 60.8 Å². The first kappa shape index (κ1) is 16.9. The van der Waals surface area contributed by atoms with Crippen molar-refractivity contribution in [2.24, 2.45) is 4.99 Å². The average Bonchev–Trinajstić information content (AvgIpc) is 2.88. The second kappa shape index (κ2) is 7.35. The maximum Gasteiger partial charge on any atom is 0.0864 e. The summed E-state index contributed by atoms with van der Waals surface area (Å²) in [5.74, 6) is 0. The third-order valence-electron chi connectivity index (χ3n) is 4.85. The third-order valence-corrected chi connectivity index (χ3v) is 5.11. The molecule has 0 unspecified atom stereocenters. The fourth-order valence-electron chi connectivity index (χ4n) is 3.33. The topological polar surface area (TPSA) is 24.4 Å². The van der Waals surface area contributed by atoms with Crippen molar-refractivity contribution in [1.82, 2.24) is 0 Å². The summed E-state index contributed by atoms with van der Waals surface area (Å²) in [6, 6.07) is 25.2. The minimum atomic E-state index is 0.153. The first-order chi connectivity index (χ1) is 12.7. The van der Waals surface area contributed by atoms with Gasteiger partial charge in [0.05, 0.1) is 23.1 Å². The number of fused-ring (bicyclic) bond motifs is 1. The van der Waals surface area contributed by atoms with Crippen LogP contribution in [-0.4, -0.2) is 5.71 Å². The van der Waals surface area contributed by atoms with Gasteiger partial charge in [-0.25, -0.2) is 0 Å². The van der Waals surface area contributed by atoms with Gasteiger partial charge >= 0.3 is 0 Å². The van der Waals surface area contributed by atoms with Crippen molar-refractivity contribution in [2.75, 3.05) is 5.32 Å². The highest BCUT2D eigenvalue weighted by Crippen LogP contribution is 2.35. The molecule has 0 saturated heterocycles. The van der Waals surface area contributed by atoms with Crippen LogP contribution in [0, 0.1) is 0 Å². The zero-order valence-corrected chi connectivity index (χ0v) is 15.5. The summed E-state index contributed by atoms with van der Waals surface area (Å²) in [4.78, 5) is 4.99. The van der Waals surface area contributed by atoms with Gasteiger partial charge < -0.3 is 5.32 Å². The molecule has 1 atom stereocenters. The molecule has 0 aliphatic carbocycles. The van der Waals surface area contributed by atoms with Crippen molar-refractivity contribution >= 4 is 28.7 Å². The number of halogens is 1. The van der Waals surface area contributed by atoms with E-state index in [-0.39, 0.29) is 6.04 Å². The van der Waals surface area contributed by atoms with Crippen LogP contribution in [0.4, 0.5) is 11.4 Å². The lowest BCUT2D eigenvalue weighted by Gasteiger charge is -2.19. The van der Waals surface area contributed by atoms with E-state index < -0.39 is 0 Å². The Balaban J connectivity index is 1.76. The number of para-hydroxylation sites is 2. The summed E-state index contributed by atoms with van der Waals surface area (Å²) in [7, 11) is 0. The maximum atomic E-state index is 6.07. The molecule has 0 saturated carbocycles. The zero-order chi connectivity index (χ0) is 17.9. The van der Waals surface area contributed by atoms with Crippen molar-refractivity contribution < 1.29 is 0 Å². The van der Waals surface area contributed by atoms with Crippen LogP contribution in [0.15, 0.2) is 77.8 Å². The van der Waals surface area contributed by atoms with Crippen LogP contribution in [0.2, 0.25) is 5.02 Å². The SMILES string of the molecule is CCc1ccc(C2=Nc3ccccc3N[C@@H](c3ccc(Cl)cc3)C2)cc1. The van der Waals surface area contributed by atoms with E-state index in [0.717, 1.165) is 35.0 Å². The molecule has 26 heavy (non-hydrogen) atoms. The molecule has 130 valence electrons. The number of aliphatic imine (C=N–C) groups is 1. The molecular weight excluding hydrogens is 340 g/mol. The van der Waals surface area contributed by atoms with Crippen LogP contribution in [0.25, 0.3) is 0 Å². The zero-order valence-electron chi connectivity index (χ0n) is 14.7. The van der Waals surface area contributed by atoms with E-state index in [1.54, 1.807) is 0 Å². The summed E-state index contributed by atoms with van der Waals surface area (Å²) < 4.78 is 0. The minimum absolute atomic E-state index is 0.153. The first-order valence-corrected chi connectivity index (χ1v) is 9.38. The van der Waals surface area contributed by atoms with Crippen LogP contribution in [0.5, 0.6) is 0 Å². The number of anilines is 1. The lowest BCUT2D eigenvalue weighted by molar-refractivity contribution is 0.828.